The summed E-state index contributed by atoms with van der Waals surface area (Å²) in [5.41, 5.74) is 2.18. The normalized spacial score (nSPS) is 11.7. The summed E-state index contributed by atoms with van der Waals surface area (Å²) in [5.74, 6) is 1.02. The van der Waals surface area contributed by atoms with Gasteiger partial charge in [-0.15, -0.1) is 11.8 Å². The van der Waals surface area contributed by atoms with Crippen molar-refractivity contribution in [1.82, 2.24) is 10.1 Å². The second-order valence-corrected chi connectivity index (χ2v) is 7.91. The van der Waals surface area contributed by atoms with Gasteiger partial charge in [-0.05, 0) is 31.5 Å². The molecule has 1 aromatic heterocycles. The molecule has 0 aliphatic carbocycles. The first kappa shape index (κ1) is 20.8. The Hall–Kier alpha value is -2.48. The zero-order valence-corrected chi connectivity index (χ0v) is 17.2. The summed E-state index contributed by atoms with van der Waals surface area (Å²) < 4.78 is 4.92. The van der Waals surface area contributed by atoms with Crippen molar-refractivity contribution in [3.63, 3.8) is 0 Å². The van der Waals surface area contributed by atoms with Crippen LogP contribution in [-0.2, 0) is 16.1 Å². The highest BCUT2D eigenvalue weighted by molar-refractivity contribution is 8.01. The first-order valence-corrected chi connectivity index (χ1v) is 9.67. The molecule has 1 unspecified atom stereocenters. The first-order valence-electron chi connectivity index (χ1n) is 8.62. The topological polar surface area (TPSA) is 78.7 Å². The van der Waals surface area contributed by atoms with Gasteiger partial charge >= 0.3 is 0 Å². The van der Waals surface area contributed by atoms with Gasteiger partial charge in [0.2, 0.25) is 11.8 Å². The molecule has 2 amide bonds. The van der Waals surface area contributed by atoms with Gasteiger partial charge in [0.15, 0.2) is 5.82 Å². The molecule has 0 radical (unpaired) electrons. The van der Waals surface area contributed by atoms with Crippen molar-refractivity contribution in [3.05, 3.63) is 41.7 Å². The Morgan fingerprint density at radius 1 is 1.22 bits per heavy atom. The molecule has 1 N–H and O–H groups in total. The Bertz CT molecular complexity index is 774. The number of hydrogen-bond donors (Lipinski definition) is 1. The van der Waals surface area contributed by atoms with E-state index in [1.54, 1.807) is 31.9 Å². The minimum Gasteiger partial charge on any atom is -0.378 e. The third-order valence-electron chi connectivity index (χ3n) is 4.00. The van der Waals surface area contributed by atoms with Crippen LogP contribution < -0.4 is 10.2 Å². The number of carbonyl (C=O) groups excluding carboxylic acids is 2. The highest BCUT2D eigenvalue weighted by Crippen LogP contribution is 2.16. The van der Waals surface area contributed by atoms with Gasteiger partial charge in [0.1, 0.15) is 5.76 Å². The Morgan fingerprint density at radius 3 is 2.44 bits per heavy atom. The molecule has 27 heavy (non-hydrogen) atoms. The largest absolute Gasteiger partial charge is 0.378 e. The van der Waals surface area contributed by atoms with Crippen LogP contribution in [0.25, 0.3) is 0 Å². The summed E-state index contributed by atoms with van der Waals surface area (Å²) in [6, 6.07) is 9.74. The van der Waals surface area contributed by atoms with Gasteiger partial charge in [0.25, 0.3) is 0 Å². The second kappa shape index (κ2) is 9.45. The maximum absolute atomic E-state index is 12.3. The lowest BCUT2D eigenvalue weighted by atomic mass is 10.2. The van der Waals surface area contributed by atoms with E-state index < -0.39 is 0 Å². The van der Waals surface area contributed by atoms with Crippen molar-refractivity contribution in [1.29, 1.82) is 0 Å². The molecule has 8 heteroatoms. The monoisotopic (exact) mass is 390 g/mol. The van der Waals surface area contributed by atoms with Crippen LogP contribution in [0.2, 0.25) is 0 Å². The summed E-state index contributed by atoms with van der Waals surface area (Å²) >= 11 is 1.30. The number of anilines is 2. The maximum Gasteiger partial charge on any atom is 0.238 e. The van der Waals surface area contributed by atoms with Crippen molar-refractivity contribution >= 4 is 35.1 Å². The van der Waals surface area contributed by atoms with Gasteiger partial charge in [-0.1, -0.05) is 17.3 Å². The summed E-state index contributed by atoms with van der Waals surface area (Å²) in [6.45, 7) is 4.05. The molecule has 1 atom stereocenters. The maximum atomic E-state index is 12.3. The fourth-order valence-corrected chi connectivity index (χ4v) is 3.12. The molecule has 1 heterocycles. The van der Waals surface area contributed by atoms with Crippen molar-refractivity contribution in [2.24, 2.45) is 0 Å². The average molecular weight is 391 g/mol. The Balaban J connectivity index is 1.78. The Labute approximate surface area is 164 Å². The van der Waals surface area contributed by atoms with Crippen LogP contribution in [0.1, 0.15) is 18.2 Å². The SMILES string of the molecule is Cc1cc(NC(=O)C(C)SCC(=O)N(C)Cc2ccc(N(C)C)cc2)no1. The summed E-state index contributed by atoms with van der Waals surface area (Å²) in [5, 5.41) is 6.03. The number of nitrogens with zero attached hydrogens (tertiary/aromatic N) is 3. The number of thioether (sulfide) groups is 1. The fourth-order valence-electron chi connectivity index (χ4n) is 2.30. The number of nitrogens with one attached hydrogen (secondary N) is 1. The molecule has 146 valence electrons. The molecule has 7 nitrogen and oxygen atoms in total. The Morgan fingerprint density at radius 2 is 1.89 bits per heavy atom. The minimum atomic E-state index is -0.376. The zero-order chi connectivity index (χ0) is 20.0. The zero-order valence-electron chi connectivity index (χ0n) is 16.4. The van der Waals surface area contributed by atoms with Crippen LogP contribution in [-0.4, -0.2) is 54.0 Å². The predicted molar refractivity (Wildman–Crippen MR) is 109 cm³/mol. The third-order valence-corrected chi connectivity index (χ3v) is 5.13. The van der Waals surface area contributed by atoms with Gasteiger partial charge in [-0.3, -0.25) is 9.59 Å². The molecule has 0 bridgehead atoms. The highest BCUT2D eigenvalue weighted by Gasteiger charge is 2.18. The summed E-state index contributed by atoms with van der Waals surface area (Å²) in [4.78, 5) is 28.2. The van der Waals surface area contributed by atoms with E-state index in [1.165, 1.54) is 11.8 Å². The standard InChI is InChI=1S/C19H26N4O3S/c1-13-10-17(21-26-13)20-19(25)14(2)27-12-18(24)23(5)11-15-6-8-16(9-7-15)22(3)4/h6-10,14H,11-12H2,1-5H3,(H,20,21,25). The van der Waals surface area contributed by atoms with Crippen LogP contribution >= 0.6 is 11.8 Å². The van der Waals surface area contributed by atoms with Crippen molar-refractivity contribution in [3.8, 4) is 0 Å². The number of benzene rings is 1. The highest BCUT2D eigenvalue weighted by atomic mass is 32.2. The number of hydrogen-bond acceptors (Lipinski definition) is 6. The van der Waals surface area contributed by atoms with Crippen LogP contribution in [0.3, 0.4) is 0 Å². The minimum absolute atomic E-state index is 0.0198. The lowest BCUT2D eigenvalue weighted by molar-refractivity contribution is -0.127. The molecular weight excluding hydrogens is 364 g/mol. The Kier molecular flexibility index (Phi) is 7.29. The third kappa shape index (κ3) is 6.32. The molecule has 0 spiro atoms. The number of aromatic nitrogens is 1. The van der Waals surface area contributed by atoms with E-state index in [2.05, 4.69) is 10.5 Å². The van der Waals surface area contributed by atoms with E-state index in [4.69, 9.17) is 4.52 Å². The fraction of sp³-hybridized carbons (Fsp3) is 0.421. The molecule has 2 aromatic rings. The van der Waals surface area contributed by atoms with E-state index in [0.717, 1.165) is 11.3 Å². The molecule has 0 fully saturated rings. The van der Waals surface area contributed by atoms with E-state index >= 15 is 0 Å². The molecule has 0 saturated carbocycles. The van der Waals surface area contributed by atoms with Gasteiger partial charge in [0, 0.05) is 39.4 Å². The number of aryl methyl sites for hydroxylation is 1. The van der Waals surface area contributed by atoms with Crippen LogP contribution in [0.15, 0.2) is 34.9 Å². The van der Waals surface area contributed by atoms with Gasteiger partial charge in [0.05, 0.1) is 11.0 Å². The lowest BCUT2D eigenvalue weighted by Crippen LogP contribution is -2.30. The van der Waals surface area contributed by atoms with Crippen LogP contribution in [0.4, 0.5) is 11.5 Å². The van der Waals surface area contributed by atoms with Gasteiger partial charge in [-0.2, -0.15) is 0 Å². The molecular formula is C19H26N4O3S. The molecule has 1 aromatic carbocycles. The summed E-state index contributed by atoms with van der Waals surface area (Å²) in [7, 11) is 5.75. The number of amides is 2. The molecule has 0 aliphatic rings. The van der Waals surface area contributed by atoms with Crippen molar-refractivity contribution in [2.45, 2.75) is 25.6 Å². The van der Waals surface area contributed by atoms with E-state index in [9.17, 15) is 9.59 Å². The molecule has 0 aliphatic heterocycles. The van der Waals surface area contributed by atoms with Crippen LogP contribution in [0, 0.1) is 6.92 Å². The van der Waals surface area contributed by atoms with Gasteiger partial charge in [-0.25, -0.2) is 0 Å². The molecule has 2 rings (SSSR count). The number of rotatable bonds is 8. The second-order valence-electron chi connectivity index (χ2n) is 6.58. The lowest BCUT2D eigenvalue weighted by Gasteiger charge is -2.19. The number of carbonyl (C=O) groups is 2. The van der Waals surface area contributed by atoms with Gasteiger partial charge < -0.3 is 19.6 Å². The van der Waals surface area contributed by atoms with Crippen molar-refractivity contribution in [2.75, 3.05) is 37.1 Å². The average Bonchev–Trinajstić information content (AvgIpc) is 3.04. The smallest absolute Gasteiger partial charge is 0.238 e. The first-order chi connectivity index (χ1) is 12.8. The van der Waals surface area contributed by atoms with E-state index in [1.807, 2.05) is 43.3 Å². The predicted octanol–water partition coefficient (Wildman–Crippen LogP) is 2.77. The van der Waals surface area contributed by atoms with E-state index in [0.29, 0.717) is 18.1 Å². The van der Waals surface area contributed by atoms with Crippen LogP contribution in [0.5, 0.6) is 0 Å². The summed E-state index contributed by atoms with van der Waals surface area (Å²) in [6.07, 6.45) is 0. The van der Waals surface area contributed by atoms with E-state index in [-0.39, 0.29) is 22.8 Å². The molecule has 0 saturated heterocycles. The quantitative estimate of drug-likeness (QED) is 0.747. The van der Waals surface area contributed by atoms with Crippen molar-refractivity contribution < 1.29 is 14.1 Å².